The van der Waals surface area contributed by atoms with Gasteiger partial charge in [-0.15, -0.1) is 0 Å². The lowest BCUT2D eigenvalue weighted by atomic mass is 9.99. The first kappa shape index (κ1) is 40.9. The minimum absolute atomic E-state index is 0.833. The number of para-hydroxylation sites is 5. The van der Waals surface area contributed by atoms with Crippen molar-refractivity contribution in [3.05, 3.63) is 267 Å². The van der Waals surface area contributed by atoms with E-state index < -0.39 is 0 Å². The maximum atomic E-state index is 6.75. The molecule has 13 rings (SSSR count). The normalized spacial score (nSPS) is 11.4. The zero-order chi connectivity index (χ0) is 46.4. The van der Waals surface area contributed by atoms with E-state index in [1.54, 1.807) is 0 Å². The quantitative estimate of drug-likeness (QED) is 0.137. The van der Waals surface area contributed by atoms with E-state index >= 15 is 0 Å². The van der Waals surface area contributed by atoms with E-state index in [1.807, 2.05) is 24.3 Å². The summed E-state index contributed by atoms with van der Waals surface area (Å²) in [5.41, 5.74) is 18.5. The van der Waals surface area contributed by atoms with Crippen LogP contribution in [0.4, 0.5) is 34.1 Å². The SMILES string of the molecule is c1ccc(-c2ccc(-c3ccc(N(c4cccc(-c5ccccc5N(c5ccc(-c6ccccc6)cc5)c5cccc6c5oc5ccccc56)c4)c4cccc5c4oc4ccccc45)cc3)cc2)cc1. The molecular weight excluding hydrogens is 853 g/mol. The van der Waals surface area contributed by atoms with Gasteiger partial charge in [0.05, 0.1) is 17.1 Å². The molecule has 0 atom stereocenters. The molecular formula is C66H44N2O2. The van der Waals surface area contributed by atoms with Crippen LogP contribution < -0.4 is 9.80 Å². The van der Waals surface area contributed by atoms with Crippen molar-refractivity contribution < 1.29 is 8.83 Å². The fourth-order valence-corrected chi connectivity index (χ4v) is 10.1. The summed E-state index contributed by atoms with van der Waals surface area (Å²) in [6, 6.07) is 94.6. The van der Waals surface area contributed by atoms with Gasteiger partial charge in [-0.05, 0) is 106 Å². The second-order valence-electron chi connectivity index (χ2n) is 17.6. The Bertz CT molecular complexity index is 3990. The first-order valence-electron chi connectivity index (χ1n) is 23.7. The molecule has 70 heavy (non-hydrogen) atoms. The molecule has 0 fully saturated rings. The van der Waals surface area contributed by atoms with Gasteiger partial charge in [0.2, 0.25) is 0 Å². The summed E-state index contributed by atoms with van der Waals surface area (Å²) in [5.74, 6) is 0. The van der Waals surface area contributed by atoms with Crippen LogP contribution in [-0.2, 0) is 0 Å². The third-order valence-corrected chi connectivity index (χ3v) is 13.5. The fourth-order valence-electron chi connectivity index (χ4n) is 10.1. The van der Waals surface area contributed by atoms with E-state index in [1.165, 1.54) is 16.7 Å². The second-order valence-corrected chi connectivity index (χ2v) is 17.6. The van der Waals surface area contributed by atoms with Crippen molar-refractivity contribution in [2.75, 3.05) is 9.80 Å². The average molecular weight is 897 g/mol. The number of furan rings is 2. The Balaban J connectivity index is 0.956. The van der Waals surface area contributed by atoms with E-state index in [0.29, 0.717) is 0 Å². The summed E-state index contributed by atoms with van der Waals surface area (Å²) in [6.07, 6.45) is 0. The first-order valence-corrected chi connectivity index (χ1v) is 23.7. The Kier molecular flexibility index (Phi) is 10.1. The molecule has 330 valence electrons. The molecule has 0 aliphatic rings. The van der Waals surface area contributed by atoms with Crippen molar-refractivity contribution in [2.45, 2.75) is 0 Å². The largest absolute Gasteiger partial charge is 0.454 e. The molecule has 0 bridgehead atoms. The van der Waals surface area contributed by atoms with Crippen molar-refractivity contribution in [3.63, 3.8) is 0 Å². The molecule has 0 amide bonds. The van der Waals surface area contributed by atoms with Gasteiger partial charge < -0.3 is 18.6 Å². The van der Waals surface area contributed by atoms with Crippen LogP contribution in [0.15, 0.2) is 276 Å². The molecule has 0 unspecified atom stereocenters. The van der Waals surface area contributed by atoms with Crippen molar-refractivity contribution in [1.29, 1.82) is 0 Å². The van der Waals surface area contributed by atoms with Crippen LogP contribution in [0.25, 0.3) is 88.4 Å². The minimum atomic E-state index is 0.833. The van der Waals surface area contributed by atoms with Gasteiger partial charge in [0.1, 0.15) is 11.2 Å². The van der Waals surface area contributed by atoms with E-state index in [2.05, 4.69) is 252 Å². The molecule has 0 aliphatic heterocycles. The van der Waals surface area contributed by atoms with Gasteiger partial charge in [0, 0.05) is 44.2 Å². The fraction of sp³-hybridized carbons (Fsp3) is 0. The molecule has 0 radical (unpaired) electrons. The third kappa shape index (κ3) is 7.27. The molecule has 0 N–H and O–H groups in total. The van der Waals surface area contributed by atoms with Gasteiger partial charge in [0.25, 0.3) is 0 Å². The standard InChI is InChI=1S/C66H44N2O2/c1-3-16-45(17-4-1)47-32-34-48(35-33-47)50-36-40-52(41-37-50)67(61-28-14-25-58-56-23-8-11-30-63(56)69-65(58)61)54-21-13-20-51(44-54)55-22-7-10-27-60(55)68(53-42-38-49(39-43-53)46-18-5-2-6-19-46)62-29-15-26-59-57-24-9-12-31-64(57)70-66(59)62/h1-44H. The smallest absolute Gasteiger partial charge is 0.159 e. The van der Waals surface area contributed by atoms with E-state index in [4.69, 9.17) is 8.83 Å². The van der Waals surface area contributed by atoms with Gasteiger partial charge in [0.15, 0.2) is 11.2 Å². The zero-order valence-corrected chi connectivity index (χ0v) is 38.1. The summed E-state index contributed by atoms with van der Waals surface area (Å²) in [4.78, 5) is 4.67. The topological polar surface area (TPSA) is 32.8 Å². The van der Waals surface area contributed by atoms with Gasteiger partial charge >= 0.3 is 0 Å². The summed E-state index contributed by atoms with van der Waals surface area (Å²) in [5, 5.41) is 4.33. The first-order chi connectivity index (χ1) is 34.7. The number of nitrogens with zero attached hydrogens (tertiary/aromatic N) is 2. The van der Waals surface area contributed by atoms with Crippen molar-refractivity contribution in [2.24, 2.45) is 0 Å². The highest BCUT2D eigenvalue weighted by Crippen LogP contribution is 2.48. The molecule has 2 heterocycles. The molecule has 0 saturated heterocycles. The number of rotatable bonds is 10. The van der Waals surface area contributed by atoms with Gasteiger partial charge in [-0.3, -0.25) is 0 Å². The molecule has 4 nitrogen and oxygen atoms in total. The van der Waals surface area contributed by atoms with Crippen molar-refractivity contribution in [3.8, 4) is 44.5 Å². The lowest BCUT2D eigenvalue weighted by Gasteiger charge is -2.29. The highest BCUT2D eigenvalue weighted by Gasteiger charge is 2.24. The number of anilines is 6. The highest BCUT2D eigenvalue weighted by molar-refractivity contribution is 6.12. The lowest BCUT2D eigenvalue weighted by Crippen LogP contribution is -2.12. The van der Waals surface area contributed by atoms with E-state index in [-0.39, 0.29) is 0 Å². The van der Waals surface area contributed by atoms with Crippen LogP contribution in [0.3, 0.4) is 0 Å². The predicted molar refractivity (Wildman–Crippen MR) is 292 cm³/mol. The van der Waals surface area contributed by atoms with Crippen LogP contribution in [-0.4, -0.2) is 0 Å². The van der Waals surface area contributed by atoms with Crippen molar-refractivity contribution >= 4 is 78.0 Å². The van der Waals surface area contributed by atoms with Gasteiger partial charge in [-0.1, -0.05) is 200 Å². The predicted octanol–water partition coefficient (Wildman–Crippen LogP) is 19.1. The van der Waals surface area contributed by atoms with Crippen LogP contribution in [0.5, 0.6) is 0 Å². The summed E-state index contributed by atoms with van der Waals surface area (Å²) in [7, 11) is 0. The second kappa shape index (κ2) is 17.4. The summed E-state index contributed by atoms with van der Waals surface area (Å²) >= 11 is 0. The summed E-state index contributed by atoms with van der Waals surface area (Å²) in [6.45, 7) is 0. The molecule has 2 aromatic heterocycles. The summed E-state index contributed by atoms with van der Waals surface area (Å²) < 4.78 is 13.5. The molecule has 13 aromatic rings. The lowest BCUT2D eigenvalue weighted by molar-refractivity contribution is 0.668. The van der Waals surface area contributed by atoms with Crippen LogP contribution in [0, 0.1) is 0 Å². The number of benzene rings is 11. The molecule has 0 aliphatic carbocycles. The van der Waals surface area contributed by atoms with Gasteiger partial charge in [-0.25, -0.2) is 0 Å². The Morgan fingerprint density at radius 2 is 0.600 bits per heavy atom. The van der Waals surface area contributed by atoms with Crippen LogP contribution >= 0.6 is 0 Å². The number of fused-ring (bicyclic) bond motifs is 6. The maximum absolute atomic E-state index is 6.75. The Morgan fingerprint density at radius 1 is 0.229 bits per heavy atom. The average Bonchev–Trinajstić information content (AvgIpc) is 4.02. The molecule has 4 heteroatoms. The van der Waals surface area contributed by atoms with Crippen molar-refractivity contribution in [1.82, 2.24) is 0 Å². The molecule has 0 spiro atoms. The number of hydrogen-bond acceptors (Lipinski definition) is 4. The Morgan fingerprint density at radius 3 is 1.14 bits per heavy atom. The Labute approximate surface area is 406 Å². The highest BCUT2D eigenvalue weighted by atomic mass is 16.3. The third-order valence-electron chi connectivity index (χ3n) is 13.5. The van der Waals surface area contributed by atoms with Crippen LogP contribution in [0.2, 0.25) is 0 Å². The Hall–Kier alpha value is -9.38. The maximum Gasteiger partial charge on any atom is 0.159 e. The zero-order valence-electron chi connectivity index (χ0n) is 38.1. The molecule has 0 saturated carbocycles. The van der Waals surface area contributed by atoms with Gasteiger partial charge in [-0.2, -0.15) is 0 Å². The number of hydrogen-bond donors (Lipinski definition) is 0. The van der Waals surface area contributed by atoms with E-state index in [9.17, 15) is 0 Å². The van der Waals surface area contributed by atoms with E-state index in [0.717, 1.165) is 106 Å². The van der Waals surface area contributed by atoms with Crippen LogP contribution in [0.1, 0.15) is 0 Å². The molecule has 11 aromatic carbocycles. The minimum Gasteiger partial charge on any atom is -0.454 e. The monoisotopic (exact) mass is 896 g/mol.